The summed E-state index contributed by atoms with van der Waals surface area (Å²) in [6.07, 6.45) is 0. The molecule has 0 saturated carbocycles. The summed E-state index contributed by atoms with van der Waals surface area (Å²) in [5.41, 5.74) is 7.68. The molecule has 0 bridgehead atoms. The summed E-state index contributed by atoms with van der Waals surface area (Å²) in [6, 6.07) is 6.65. The second-order valence-electron chi connectivity index (χ2n) is 6.48. The van der Waals surface area contributed by atoms with E-state index in [1.807, 2.05) is 6.92 Å². The highest BCUT2D eigenvalue weighted by Crippen LogP contribution is 2.36. The number of aryl methyl sites for hydroxylation is 1. The zero-order chi connectivity index (χ0) is 16.7. The van der Waals surface area contributed by atoms with Gasteiger partial charge in [-0.3, -0.25) is 0 Å². The minimum Gasteiger partial charge on any atom is -0.352 e. The minimum absolute atomic E-state index is 0.325. The maximum Gasteiger partial charge on any atom is 0.183 e. The summed E-state index contributed by atoms with van der Waals surface area (Å²) in [7, 11) is 2.05. The van der Waals surface area contributed by atoms with Crippen LogP contribution in [0.1, 0.15) is 24.2 Å². The SMILES string of the molecule is Cc1nnc(-c2ccc3c(c2)C(C)N(C)N3)nc1N1CCNCC1. The Bertz CT molecular complexity index is 755. The molecule has 4 rings (SSSR count). The molecule has 1 aromatic carbocycles. The summed E-state index contributed by atoms with van der Waals surface area (Å²) >= 11 is 0. The molecule has 1 atom stereocenters. The van der Waals surface area contributed by atoms with Crippen LogP contribution in [0.3, 0.4) is 0 Å². The van der Waals surface area contributed by atoms with Gasteiger partial charge in [-0.2, -0.15) is 0 Å². The van der Waals surface area contributed by atoms with Crippen LogP contribution in [0.2, 0.25) is 0 Å². The number of aromatic nitrogens is 3. The molecule has 2 N–H and O–H groups in total. The number of nitrogens with one attached hydrogen (secondary N) is 2. The molecule has 3 heterocycles. The number of benzene rings is 1. The van der Waals surface area contributed by atoms with Crippen molar-refractivity contribution in [3.63, 3.8) is 0 Å². The lowest BCUT2D eigenvalue weighted by molar-refractivity contribution is 0.342. The third-order valence-corrected chi connectivity index (χ3v) is 4.88. The first-order valence-electron chi connectivity index (χ1n) is 8.44. The van der Waals surface area contributed by atoms with Gasteiger partial charge < -0.3 is 15.6 Å². The van der Waals surface area contributed by atoms with Gasteiger partial charge in [-0.25, -0.2) is 9.99 Å². The second kappa shape index (κ2) is 5.99. The van der Waals surface area contributed by atoms with E-state index in [4.69, 9.17) is 4.98 Å². The molecule has 0 spiro atoms. The van der Waals surface area contributed by atoms with Gasteiger partial charge in [0.05, 0.1) is 11.7 Å². The molecule has 126 valence electrons. The Balaban J connectivity index is 1.70. The highest BCUT2D eigenvalue weighted by molar-refractivity contribution is 5.66. The van der Waals surface area contributed by atoms with Crippen LogP contribution in [0.4, 0.5) is 11.5 Å². The largest absolute Gasteiger partial charge is 0.352 e. The minimum atomic E-state index is 0.325. The van der Waals surface area contributed by atoms with Gasteiger partial charge in [0, 0.05) is 38.8 Å². The number of hydrogen-bond acceptors (Lipinski definition) is 7. The van der Waals surface area contributed by atoms with Gasteiger partial charge in [0.25, 0.3) is 0 Å². The summed E-state index contributed by atoms with van der Waals surface area (Å²) in [5.74, 6) is 1.64. The summed E-state index contributed by atoms with van der Waals surface area (Å²) in [6.45, 7) is 8.03. The first-order chi connectivity index (χ1) is 11.6. The second-order valence-corrected chi connectivity index (χ2v) is 6.48. The number of nitrogens with zero attached hydrogens (tertiary/aromatic N) is 5. The lowest BCUT2D eigenvalue weighted by atomic mass is 10.0. The Morgan fingerprint density at radius 3 is 2.75 bits per heavy atom. The van der Waals surface area contributed by atoms with Crippen molar-refractivity contribution in [2.24, 2.45) is 0 Å². The Morgan fingerprint density at radius 2 is 1.96 bits per heavy atom. The van der Waals surface area contributed by atoms with E-state index < -0.39 is 0 Å². The van der Waals surface area contributed by atoms with Crippen molar-refractivity contribution in [3.8, 4) is 11.4 Å². The van der Waals surface area contributed by atoms with Gasteiger partial charge in [0.2, 0.25) is 0 Å². The van der Waals surface area contributed by atoms with Gasteiger partial charge in [-0.15, -0.1) is 10.2 Å². The van der Waals surface area contributed by atoms with Gasteiger partial charge in [0.1, 0.15) is 5.69 Å². The van der Waals surface area contributed by atoms with E-state index in [9.17, 15) is 0 Å². The Hall–Kier alpha value is -2.25. The van der Waals surface area contributed by atoms with Crippen molar-refractivity contribution in [1.29, 1.82) is 0 Å². The van der Waals surface area contributed by atoms with E-state index in [1.54, 1.807) is 0 Å². The molecule has 24 heavy (non-hydrogen) atoms. The zero-order valence-electron chi connectivity index (χ0n) is 14.4. The fraction of sp³-hybridized carbons (Fsp3) is 0.471. The molecule has 0 radical (unpaired) electrons. The fourth-order valence-electron chi connectivity index (χ4n) is 3.31. The molecule has 1 aromatic heterocycles. The molecule has 1 saturated heterocycles. The lowest BCUT2D eigenvalue weighted by Crippen LogP contribution is -2.44. The van der Waals surface area contributed by atoms with Crippen molar-refractivity contribution in [2.75, 3.05) is 43.6 Å². The molecule has 0 aliphatic carbocycles. The quantitative estimate of drug-likeness (QED) is 0.869. The molecule has 7 nitrogen and oxygen atoms in total. The lowest BCUT2D eigenvalue weighted by Gasteiger charge is -2.29. The molecular formula is C17H23N7. The molecular weight excluding hydrogens is 302 g/mol. The van der Waals surface area contributed by atoms with Gasteiger partial charge in [0.15, 0.2) is 11.6 Å². The fourth-order valence-corrected chi connectivity index (χ4v) is 3.31. The highest BCUT2D eigenvalue weighted by Gasteiger charge is 2.24. The van der Waals surface area contributed by atoms with E-state index in [1.165, 1.54) is 5.56 Å². The van der Waals surface area contributed by atoms with Crippen LogP contribution < -0.4 is 15.6 Å². The topological polar surface area (TPSA) is 69.2 Å². The van der Waals surface area contributed by atoms with Crippen molar-refractivity contribution >= 4 is 11.5 Å². The van der Waals surface area contributed by atoms with Crippen molar-refractivity contribution in [3.05, 3.63) is 29.5 Å². The van der Waals surface area contributed by atoms with Gasteiger partial charge in [-0.05, 0) is 37.6 Å². The smallest absolute Gasteiger partial charge is 0.183 e. The number of anilines is 2. The standard InChI is InChI=1S/C17H23N7/c1-11-17(24-8-6-18-7-9-24)19-16(21-20-11)13-4-5-15-14(10-13)12(2)23(3)22-15/h4-5,10,12,18,22H,6-9H2,1-3H3. The maximum atomic E-state index is 4.83. The van der Waals surface area contributed by atoms with Crippen LogP contribution in [-0.2, 0) is 0 Å². The van der Waals surface area contributed by atoms with Gasteiger partial charge in [-0.1, -0.05) is 0 Å². The van der Waals surface area contributed by atoms with E-state index in [-0.39, 0.29) is 0 Å². The molecule has 1 unspecified atom stereocenters. The molecule has 2 aromatic rings. The molecule has 1 fully saturated rings. The van der Waals surface area contributed by atoms with E-state index in [2.05, 4.69) is 63.0 Å². The first kappa shape index (κ1) is 15.3. The number of rotatable bonds is 2. The molecule has 2 aliphatic rings. The monoisotopic (exact) mass is 325 g/mol. The van der Waals surface area contributed by atoms with Crippen LogP contribution >= 0.6 is 0 Å². The molecule has 2 aliphatic heterocycles. The van der Waals surface area contributed by atoms with Crippen molar-refractivity contribution in [1.82, 2.24) is 25.5 Å². The van der Waals surface area contributed by atoms with Crippen molar-refractivity contribution < 1.29 is 0 Å². The molecule has 0 amide bonds. The van der Waals surface area contributed by atoms with Crippen LogP contribution in [0.25, 0.3) is 11.4 Å². The van der Waals surface area contributed by atoms with Crippen molar-refractivity contribution in [2.45, 2.75) is 19.9 Å². The normalized spacial score (nSPS) is 20.8. The van der Waals surface area contributed by atoms with E-state index in [0.29, 0.717) is 11.9 Å². The molecule has 7 heteroatoms. The number of piperazine rings is 1. The zero-order valence-corrected chi connectivity index (χ0v) is 14.4. The van der Waals surface area contributed by atoms with Crippen LogP contribution in [0.5, 0.6) is 0 Å². The van der Waals surface area contributed by atoms with Gasteiger partial charge >= 0.3 is 0 Å². The number of hydrazine groups is 1. The van der Waals surface area contributed by atoms with Crippen LogP contribution in [0, 0.1) is 6.92 Å². The predicted octanol–water partition coefficient (Wildman–Crippen LogP) is 1.59. The third-order valence-electron chi connectivity index (χ3n) is 4.88. The van der Waals surface area contributed by atoms with E-state index >= 15 is 0 Å². The average molecular weight is 325 g/mol. The first-order valence-corrected chi connectivity index (χ1v) is 8.44. The average Bonchev–Trinajstić information content (AvgIpc) is 2.90. The Kier molecular flexibility index (Phi) is 3.82. The Labute approximate surface area is 142 Å². The third kappa shape index (κ3) is 2.59. The summed E-state index contributed by atoms with van der Waals surface area (Å²) in [4.78, 5) is 7.11. The Morgan fingerprint density at radius 1 is 1.17 bits per heavy atom. The summed E-state index contributed by atoms with van der Waals surface area (Å²) < 4.78 is 0. The summed E-state index contributed by atoms with van der Waals surface area (Å²) in [5, 5.41) is 14.2. The van der Waals surface area contributed by atoms with E-state index in [0.717, 1.165) is 48.9 Å². The number of hydrogen-bond donors (Lipinski definition) is 2. The number of fused-ring (bicyclic) bond motifs is 1. The highest BCUT2D eigenvalue weighted by atomic mass is 15.5. The van der Waals surface area contributed by atoms with Crippen LogP contribution in [-0.4, -0.2) is 53.4 Å². The predicted molar refractivity (Wildman–Crippen MR) is 94.9 cm³/mol. The van der Waals surface area contributed by atoms with Crippen LogP contribution in [0.15, 0.2) is 18.2 Å². The maximum absolute atomic E-state index is 4.83.